The Morgan fingerprint density at radius 1 is 0.913 bits per heavy atom. The third kappa shape index (κ3) is 2.75. The number of aryl methyl sites for hydroxylation is 3. The zero-order valence-electron chi connectivity index (χ0n) is 12.8. The van der Waals surface area contributed by atoms with E-state index in [1.54, 1.807) is 12.1 Å². The van der Waals surface area contributed by atoms with Crippen LogP contribution in [0, 0.1) is 20.8 Å². The van der Waals surface area contributed by atoms with E-state index in [-0.39, 0.29) is 4.90 Å². The summed E-state index contributed by atoms with van der Waals surface area (Å²) >= 11 is 6.76. The normalized spacial score (nSPS) is 12.0. The summed E-state index contributed by atoms with van der Waals surface area (Å²) in [5.74, 6) is 0. The van der Waals surface area contributed by atoms with Crippen LogP contribution in [0.4, 0.5) is 0 Å². The van der Waals surface area contributed by atoms with Crippen molar-refractivity contribution < 1.29 is 8.42 Å². The lowest BCUT2D eigenvalue weighted by molar-refractivity contribution is 0.588. The fraction of sp³-hybridized carbons (Fsp3) is 0.188. The summed E-state index contributed by atoms with van der Waals surface area (Å²) in [5, 5.41) is 0. The molecule has 0 aliphatic carbocycles. The van der Waals surface area contributed by atoms with Gasteiger partial charge in [-0.15, -0.1) is 0 Å². The van der Waals surface area contributed by atoms with Crippen LogP contribution < -0.4 is 0 Å². The Morgan fingerprint density at radius 3 is 2.26 bits per heavy atom. The van der Waals surface area contributed by atoms with Gasteiger partial charge in [-0.05, 0) is 77.7 Å². The van der Waals surface area contributed by atoms with Crippen molar-refractivity contribution >= 4 is 52.9 Å². The molecule has 0 unspecified atom stereocenters. The molecular formula is C16H14Br2N2O2S. The summed E-state index contributed by atoms with van der Waals surface area (Å²) < 4.78 is 28.7. The Bertz CT molecular complexity index is 1040. The summed E-state index contributed by atoms with van der Waals surface area (Å²) in [6.07, 6.45) is 1.36. The van der Waals surface area contributed by atoms with E-state index < -0.39 is 10.0 Å². The van der Waals surface area contributed by atoms with Gasteiger partial charge in [0.25, 0.3) is 10.0 Å². The van der Waals surface area contributed by atoms with E-state index in [0.29, 0.717) is 15.5 Å². The minimum atomic E-state index is -3.74. The molecule has 0 aliphatic rings. The SMILES string of the molecule is Cc1cc2ncn(S(=O)(=O)c3cc(C)c(Br)cc3Br)c2cc1C. The maximum atomic E-state index is 13.1. The van der Waals surface area contributed by atoms with Crippen LogP contribution >= 0.6 is 31.9 Å². The van der Waals surface area contributed by atoms with Gasteiger partial charge in [0.1, 0.15) is 11.2 Å². The zero-order valence-corrected chi connectivity index (χ0v) is 16.8. The lowest BCUT2D eigenvalue weighted by Gasteiger charge is -2.11. The van der Waals surface area contributed by atoms with Crippen LogP contribution in [0.3, 0.4) is 0 Å². The second-order valence-corrected chi connectivity index (χ2v) is 8.99. The van der Waals surface area contributed by atoms with Crippen molar-refractivity contribution in [3.63, 3.8) is 0 Å². The van der Waals surface area contributed by atoms with Crippen LogP contribution in [-0.4, -0.2) is 17.4 Å². The quantitative estimate of drug-likeness (QED) is 0.559. The van der Waals surface area contributed by atoms with Crippen LogP contribution in [0.2, 0.25) is 0 Å². The van der Waals surface area contributed by atoms with Crippen molar-refractivity contribution in [1.82, 2.24) is 8.96 Å². The molecule has 2 aromatic carbocycles. The number of halogens is 2. The van der Waals surface area contributed by atoms with Crippen molar-refractivity contribution in [3.05, 3.63) is 56.2 Å². The van der Waals surface area contributed by atoms with Crippen molar-refractivity contribution in [2.24, 2.45) is 0 Å². The molecule has 0 fully saturated rings. The highest BCUT2D eigenvalue weighted by atomic mass is 79.9. The zero-order chi connectivity index (χ0) is 16.9. The molecule has 120 valence electrons. The van der Waals surface area contributed by atoms with Gasteiger partial charge in [0.15, 0.2) is 0 Å². The van der Waals surface area contributed by atoms with Crippen molar-refractivity contribution in [1.29, 1.82) is 0 Å². The standard InChI is InChI=1S/C16H14Br2N2O2S/c1-9-4-14-15(5-10(9)2)20(8-19-14)23(21,22)16-6-11(3)12(17)7-13(16)18/h4-8H,1-3H3. The molecule has 0 N–H and O–H groups in total. The number of aromatic nitrogens is 2. The molecule has 7 heteroatoms. The van der Waals surface area contributed by atoms with E-state index in [1.165, 1.54) is 10.3 Å². The van der Waals surface area contributed by atoms with E-state index >= 15 is 0 Å². The van der Waals surface area contributed by atoms with Crippen molar-refractivity contribution in [2.75, 3.05) is 0 Å². The van der Waals surface area contributed by atoms with E-state index in [0.717, 1.165) is 21.2 Å². The highest BCUT2D eigenvalue weighted by Crippen LogP contribution is 2.31. The maximum Gasteiger partial charge on any atom is 0.270 e. The highest BCUT2D eigenvalue weighted by molar-refractivity contribution is 9.11. The third-order valence-corrected chi connectivity index (χ3v) is 7.36. The van der Waals surface area contributed by atoms with Gasteiger partial charge in [-0.3, -0.25) is 0 Å². The van der Waals surface area contributed by atoms with Gasteiger partial charge in [-0.2, -0.15) is 0 Å². The number of hydrogen-bond acceptors (Lipinski definition) is 3. The fourth-order valence-electron chi connectivity index (χ4n) is 2.37. The van der Waals surface area contributed by atoms with Gasteiger partial charge in [0.2, 0.25) is 0 Å². The first-order valence-corrected chi connectivity index (χ1v) is 9.90. The van der Waals surface area contributed by atoms with E-state index in [1.807, 2.05) is 32.9 Å². The largest absolute Gasteiger partial charge is 0.270 e. The average molecular weight is 458 g/mol. The number of imidazole rings is 1. The first kappa shape index (κ1) is 16.7. The van der Waals surface area contributed by atoms with Crippen molar-refractivity contribution in [2.45, 2.75) is 25.7 Å². The number of rotatable bonds is 2. The molecule has 0 radical (unpaired) electrons. The Hall–Kier alpha value is -1.18. The molecule has 0 aliphatic heterocycles. The van der Waals surface area contributed by atoms with Crippen LogP contribution in [0.25, 0.3) is 11.0 Å². The number of fused-ring (bicyclic) bond motifs is 1. The highest BCUT2D eigenvalue weighted by Gasteiger charge is 2.23. The molecule has 3 aromatic rings. The predicted octanol–water partition coefficient (Wildman–Crippen LogP) is 4.72. The van der Waals surface area contributed by atoms with Crippen molar-refractivity contribution in [3.8, 4) is 0 Å². The van der Waals surface area contributed by atoms with Gasteiger partial charge >= 0.3 is 0 Å². The lowest BCUT2D eigenvalue weighted by atomic mass is 10.1. The summed E-state index contributed by atoms with van der Waals surface area (Å²) in [6.45, 7) is 5.80. The Morgan fingerprint density at radius 2 is 1.57 bits per heavy atom. The Balaban J connectivity index is 2.29. The summed E-state index contributed by atoms with van der Waals surface area (Å²) in [7, 11) is -3.74. The Labute approximate surface area is 151 Å². The molecule has 0 saturated heterocycles. The fourth-order valence-corrected chi connectivity index (χ4v) is 5.40. The Kier molecular flexibility index (Phi) is 4.14. The molecule has 1 heterocycles. The minimum Gasteiger partial charge on any atom is -0.236 e. The second-order valence-electron chi connectivity index (χ2n) is 5.50. The summed E-state index contributed by atoms with van der Waals surface area (Å²) in [5.41, 5.74) is 4.21. The molecule has 3 rings (SSSR count). The van der Waals surface area contributed by atoms with E-state index in [2.05, 4.69) is 36.8 Å². The van der Waals surface area contributed by atoms with Gasteiger partial charge in [-0.1, -0.05) is 15.9 Å². The molecule has 4 nitrogen and oxygen atoms in total. The predicted molar refractivity (Wildman–Crippen MR) is 98.4 cm³/mol. The monoisotopic (exact) mass is 456 g/mol. The molecule has 0 atom stereocenters. The molecule has 0 saturated carbocycles. The van der Waals surface area contributed by atoms with Gasteiger partial charge in [0, 0.05) is 8.95 Å². The summed E-state index contributed by atoms with van der Waals surface area (Å²) in [4.78, 5) is 4.46. The van der Waals surface area contributed by atoms with Crippen LogP contribution in [0.5, 0.6) is 0 Å². The van der Waals surface area contributed by atoms with Crippen LogP contribution in [0.1, 0.15) is 16.7 Å². The van der Waals surface area contributed by atoms with Crippen LogP contribution in [-0.2, 0) is 10.0 Å². The first-order chi connectivity index (χ1) is 10.7. The number of benzene rings is 2. The topological polar surface area (TPSA) is 52.0 Å². The summed E-state index contributed by atoms with van der Waals surface area (Å²) in [6, 6.07) is 7.15. The minimum absolute atomic E-state index is 0.218. The van der Waals surface area contributed by atoms with Gasteiger partial charge in [0.05, 0.1) is 11.0 Å². The molecular weight excluding hydrogens is 444 g/mol. The number of nitrogens with zero attached hydrogens (tertiary/aromatic N) is 2. The molecule has 0 bridgehead atoms. The van der Waals surface area contributed by atoms with E-state index in [4.69, 9.17) is 0 Å². The molecule has 0 spiro atoms. The lowest BCUT2D eigenvalue weighted by Crippen LogP contribution is -2.13. The first-order valence-electron chi connectivity index (χ1n) is 6.87. The average Bonchev–Trinajstić information content (AvgIpc) is 2.86. The molecule has 23 heavy (non-hydrogen) atoms. The van der Waals surface area contributed by atoms with Gasteiger partial charge < -0.3 is 0 Å². The molecule has 0 amide bonds. The second kappa shape index (κ2) is 5.72. The smallest absolute Gasteiger partial charge is 0.236 e. The van der Waals surface area contributed by atoms with E-state index in [9.17, 15) is 8.42 Å². The molecule has 1 aromatic heterocycles. The maximum absolute atomic E-state index is 13.1. The van der Waals surface area contributed by atoms with Gasteiger partial charge in [-0.25, -0.2) is 17.4 Å². The van der Waals surface area contributed by atoms with Crippen LogP contribution in [0.15, 0.2) is 44.4 Å². The third-order valence-electron chi connectivity index (χ3n) is 3.88. The number of hydrogen-bond donors (Lipinski definition) is 0.